The SMILES string of the molecule is COc1ccc2c(c1)CCN(C(=O)c1cc(-c3cc(OC)c(OC)c(OC)c3)n[nH]1)C2. The number of hydrogen-bond donors (Lipinski definition) is 1. The highest BCUT2D eigenvalue weighted by molar-refractivity contribution is 5.93. The third-order valence-corrected chi connectivity index (χ3v) is 5.48. The number of fused-ring (bicyclic) bond motifs is 1. The van der Waals surface area contributed by atoms with E-state index < -0.39 is 0 Å². The number of benzene rings is 2. The molecule has 0 bridgehead atoms. The summed E-state index contributed by atoms with van der Waals surface area (Å²) < 4.78 is 21.5. The lowest BCUT2D eigenvalue weighted by molar-refractivity contribution is 0.0728. The van der Waals surface area contributed by atoms with Crippen molar-refractivity contribution in [1.82, 2.24) is 15.1 Å². The van der Waals surface area contributed by atoms with Crippen LogP contribution < -0.4 is 18.9 Å². The fraction of sp³-hybridized carbons (Fsp3) is 0.304. The molecule has 0 atom stereocenters. The fourth-order valence-corrected chi connectivity index (χ4v) is 3.81. The summed E-state index contributed by atoms with van der Waals surface area (Å²) in [7, 11) is 6.33. The van der Waals surface area contributed by atoms with Gasteiger partial charge in [0.1, 0.15) is 11.4 Å². The van der Waals surface area contributed by atoms with E-state index in [-0.39, 0.29) is 5.91 Å². The first kappa shape index (κ1) is 20.6. The Kier molecular flexibility index (Phi) is 5.70. The summed E-state index contributed by atoms with van der Waals surface area (Å²) in [6.45, 7) is 1.19. The van der Waals surface area contributed by atoms with E-state index in [0.717, 1.165) is 23.3 Å². The van der Waals surface area contributed by atoms with Gasteiger partial charge in [-0.05, 0) is 47.9 Å². The van der Waals surface area contributed by atoms with Crippen LogP contribution in [0, 0.1) is 0 Å². The van der Waals surface area contributed by atoms with E-state index in [1.54, 1.807) is 46.6 Å². The molecule has 0 saturated carbocycles. The van der Waals surface area contributed by atoms with E-state index in [9.17, 15) is 4.79 Å². The molecule has 1 aliphatic rings. The zero-order chi connectivity index (χ0) is 22.0. The van der Waals surface area contributed by atoms with Crippen LogP contribution in [0.2, 0.25) is 0 Å². The predicted octanol–water partition coefficient (Wildman–Crippen LogP) is 3.31. The van der Waals surface area contributed by atoms with Crippen molar-refractivity contribution < 1.29 is 23.7 Å². The van der Waals surface area contributed by atoms with Crippen LogP contribution in [-0.4, -0.2) is 56.0 Å². The molecule has 1 N–H and O–H groups in total. The molecule has 162 valence electrons. The summed E-state index contributed by atoms with van der Waals surface area (Å²) in [6.07, 6.45) is 0.784. The van der Waals surface area contributed by atoms with Crippen LogP contribution in [0.25, 0.3) is 11.3 Å². The molecule has 2 heterocycles. The maximum absolute atomic E-state index is 13.1. The molecular weight excluding hydrogens is 398 g/mol. The average Bonchev–Trinajstić information content (AvgIpc) is 3.32. The van der Waals surface area contributed by atoms with Crippen molar-refractivity contribution in [3.8, 4) is 34.3 Å². The summed E-state index contributed by atoms with van der Waals surface area (Å²) in [5, 5.41) is 7.21. The second-order valence-electron chi connectivity index (χ2n) is 7.19. The standard InChI is InChI=1S/C23H25N3O5/c1-28-17-6-5-15-13-26(8-7-14(15)9-17)23(27)19-12-18(24-25-19)16-10-20(29-2)22(31-4)21(11-16)30-3/h5-6,9-12H,7-8,13H2,1-4H3,(H,24,25). The molecule has 1 aromatic heterocycles. The number of aromatic amines is 1. The first-order valence-corrected chi connectivity index (χ1v) is 9.88. The molecule has 0 radical (unpaired) electrons. The first-order chi connectivity index (χ1) is 15.1. The van der Waals surface area contributed by atoms with Gasteiger partial charge in [0.25, 0.3) is 5.91 Å². The molecule has 4 rings (SSSR count). The lowest BCUT2D eigenvalue weighted by Gasteiger charge is -2.28. The smallest absolute Gasteiger partial charge is 0.272 e. The lowest BCUT2D eigenvalue weighted by Crippen LogP contribution is -2.36. The number of aromatic nitrogens is 2. The summed E-state index contributed by atoms with van der Waals surface area (Å²) in [5.74, 6) is 2.30. The Morgan fingerprint density at radius 1 is 0.935 bits per heavy atom. The van der Waals surface area contributed by atoms with Crippen LogP contribution in [0.1, 0.15) is 21.6 Å². The molecule has 8 nitrogen and oxygen atoms in total. The van der Waals surface area contributed by atoms with Crippen molar-refractivity contribution in [3.05, 3.63) is 53.2 Å². The highest BCUT2D eigenvalue weighted by Crippen LogP contribution is 2.41. The van der Waals surface area contributed by atoms with E-state index in [1.807, 2.05) is 23.1 Å². The van der Waals surface area contributed by atoms with E-state index in [4.69, 9.17) is 18.9 Å². The van der Waals surface area contributed by atoms with Gasteiger partial charge in [0.2, 0.25) is 5.75 Å². The Hall–Kier alpha value is -3.68. The number of H-pyrrole nitrogens is 1. The number of hydrogen-bond acceptors (Lipinski definition) is 6. The maximum Gasteiger partial charge on any atom is 0.272 e. The van der Waals surface area contributed by atoms with E-state index >= 15 is 0 Å². The van der Waals surface area contributed by atoms with Gasteiger partial charge in [-0.15, -0.1) is 0 Å². The molecule has 2 aromatic carbocycles. The minimum absolute atomic E-state index is 0.0901. The number of methoxy groups -OCH3 is 4. The quantitative estimate of drug-likeness (QED) is 0.655. The minimum Gasteiger partial charge on any atom is -0.497 e. The second kappa shape index (κ2) is 8.59. The van der Waals surface area contributed by atoms with Crippen molar-refractivity contribution in [3.63, 3.8) is 0 Å². The third-order valence-electron chi connectivity index (χ3n) is 5.48. The summed E-state index contributed by atoms with van der Waals surface area (Å²) in [5.41, 5.74) is 4.14. The number of nitrogens with one attached hydrogen (secondary N) is 1. The summed E-state index contributed by atoms with van der Waals surface area (Å²) >= 11 is 0. The Labute approximate surface area is 180 Å². The number of ether oxygens (including phenoxy) is 4. The Bertz CT molecular complexity index is 1080. The van der Waals surface area contributed by atoms with Gasteiger partial charge < -0.3 is 23.8 Å². The van der Waals surface area contributed by atoms with Gasteiger partial charge in [0, 0.05) is 18.7 Å². The molecule has 0 fully saturated rings. The zero-order valence-electron chi connectivity index (χ0n) is 18.0. The van der Waals surface area contributed by atoms with Gasteiger partial charge in [-0.2, -0.15) is 5.10 Å². The van der Waals surface area contributed by atoms with E-state index in [2.05, 4.69) is 10.2 Å². The van der Waals surface area contributed by atoms with Crippen LogP contribution in [0.3, 0.4) is 0 Å². The van der Waals surface area contributed by atoms with Gasteiger partial charge in [0.05, 0.1) is 34.1 Å². The average molecular weight is 423 g/mol. The van der Waals surface area contributed by atoms with Crippen molar-refractivity contribution in [2.24, 2.45) is 0 Å². The number of carbonyl (C=O) groups excluding carboxylic acids is 1. The molecule has 0 spiro atoms. The van der Waals surface area contributed by atoms with Crippen molar-refractivity contribution >= 4 is 5.91 Å². The van der Waals surface area contributed by atoms with Gasteiger partial charge in [-0.1, -0.05) is 6.07 Å². The minimum atomic E-state index is -0.0901. The van der Waals surface area contributed by atoms with Crippen LogP contribution in [0.15, 0.2) is 36.4 Å². The first-order valence-electron chi connectivity index (χ1n) is 9.88. The van der Waals surface area contributed by atoms with E-state index in [0.29, 0.717) is 41.7 Å². The number of carbonyl (C=O) groups is 1. The molecule has 8 heteroatoms. The number of amides is 1. The molecule has 3 aromatic rings. The monoisotopic (exact) mass is 423 g/mol. The predicted molar refractivity (Wildman–Crippen MR) is 115 cm³/mol. The molecule has 1 amide bonds. The third kappa shape index (κ3) is 3.88. The normalized spacial score (nSPS) is 12.8. The van der Waals surface area contributed by atoms with Crippen LogP contribution in [-0.2, 0) is 13.0 Å². The van der Waals surface area contributed by atoms with Crippen LogP contribution in [0.4, 0.5) is 0 Å². The molecular formula is C23H25N3O5. The number of rotatable bonds is 6. The molecule has 31 heavy (non-hydrogen) atoms. The van der Waals surface area contributed by atoms with Gasteiger partial charge >= 0.3 is 0 Å². The number of nitrogens with zero attached hydrogens (tertiary/aromatic N) is 2. The van der Waals surface area contributed by atoms with E-state index in [1.165, 1.54) is 5.56 Å². The topological polar surface area (TPSA) is 85.9 Å². The molecule has 0 aliphatic carbocycles. The van der Waals surface area contributed by atoms with Crippen molar-refractivity contribution in [1.29, 1.82) is 0 Å². The summed E-state index contributed by atoms with van der Waals surface area (Å²) in [6, 6.07) is 11.3. The van der Waals surface area contributed by atoms with Crippen molar-refractivity contribution in [2.45, 2.75) is 13.0 Å². The van der Waals surface area contributed by atoms with Crippen molar-refractivity contribution in [2.75, 3.05) is 35.0 Å². The molecule has 0 saturated heterocycles. The second-order valence-corrected chi connectivity index (χ2v) is 7.19. The highest BCUT2D eigenvalue weighted by atomic mass is 16.5. The largest absolute Gasteiger partial charge is 0.497 e. The summed E-state index contributed by atoms with van der Waals surface area (Å²) in [4.78, 5) is 14.9. The maximum atomic E-state index is 13.1. The van der Waals surface area contributed by atoms with Crippen LogP contribution in [0.5, 0.6) is 23.0 Å². The Morgan fingerprint density at radius 3 is 2.32 bits per heavy atom. The Morgan fingerprint density at radius 2 is 1.68 bits per heavy atom. The highest BCUT2D eigenvalue weighted by Gasteiger charge is 2.24. The lowest BCUT2D eigenvalue weighted by atomic mass is 9.99. The Balaban J connectivity index is 1.57. The zero-order valence-corrected chi connectivity index (χ0v) is 18.0. The van der Waals surface area contributed by atoms with Gasteiger partial charge in [-0.25, -0.2) is 0 Å². The van der Waals surface area contributed by atoms with Crippen LogP contribution >= 0.6 is 0 Å². The van der Waals surface area contributed by atoms with Gasteiger partial charge in [0.15, 0.2) is 11.5 Å². The fourth-order valence-electron chi connectivity index (χ4n) is 3.81. The molecule has 1 aliphatic heterocycles. The molecule has 0 unspecified atom stereocenters. The van der Waals surface area contributed by atoms with Gasteiger partial charge in [-0.3, -0.25) is 9.89 Å².